The Morgan fingerprint density at radius 1 is 1.21 bits per heavy atom. The number of benzene rings is 1. The van der Waals surface area contributed by atoms with Gasteiger partial charge in [-0.2, -0.15) is 0 Å². The molecule has 0 aliphatic rings. The Labute approximate surface area is 163 Å². The molecule has 1 aromatic rings. The van der Waals surface area contributed by atoms with Crippen molar-refractivity contribution in [3.63, 3.8) is 0 Å². The molecule has 3 N–H and O–H groups in total. The summed E-state index contributed by atoms with van der Waals surface area (Å²) in [7, 11) is 3.41. The quantitative estimate of drug-likeness (QED) is 0.249. The summed E-state index contributed by atoms with van der Waals surface area (Å²) in [6.07, 6.45) is 3.64. The van der Waals surface area contributed by atoms with Crippen molar-refractivity contribution in [3.05, 3.63) is 35.4 Å². The van der Waals surface area contributed by atoms with Gasteiger partial charge in [-0.1, -0.05) is 38.8 Å². The van der Waals surface area contributed by atoms with E-state index in [9.17, 15) is 4.79 Å². The van der Waals surface area contributed by atoms with Crippen LogP contribution in [0, 0.1) is 5.92 Å². The van der Waals surface area contributed by atoms with Crippen molar-refractivity contribution in [2.45, 2.75) is 39.7 Å². The van der Waals surface area contributed by atoms with E-state index in [4.69, 9.17) is 0 Å². The van der Waals surface area contributed by atoms with Gasteiger partial charge in [0.15, 0.2) is 5.96 Å². The van der Waals surface area contributed by atoms with Crippen molar-refractivity contribution in [1.82, 2.24) is 16.0 Å². The first-order chi connectivity index (χ1) is 11.1. The van der Waals surface area contributed by atoms with E-state index in [-0.39, 0.29) is 29.9 Å². The molecule has 0 fully saturated rings. The number of nitrogens with zero attached hydrogens (tertiary/aromatic N) is 1. The van der Waals surface area contributed by atoms with Gasteiger partial charge in [-0.05, 0) is 30.0 Å². The van der Waals surface area contributed by atoms with Crippen molar-refractivity contribution in [2.75, 3.05) is 20.6 Å². The molecule has 0 saturated carbocycles. The molecule has 1 rings (SSSR count). The maximum Gasteiger partial charge on any atom is 0.251 e. The average Bonchev–Trinajstić information content (AvgIpc) is 2.56. The molecule has 0 aliphatic carbocycles. The normalized spacial score (nSPS) is 11.0. The lowest BCUT2D eigenvalue weighted by Gasteiger charge is -2.12. The minimum Gasteiger partial charge on any atom is -0.356 e. The van der Waals surface area contributed by atoms with E-state index in [1.165, 1.54) is 12.8 Å². The van der Waals surface area contributed by atoms with E-state index in [0.29, 0.717) is 12.1 Å². The van der Waals surface area contributed by atoms with Crippen LogP contribution >= 0.6 is 24.0 Å². The lowest BCUT2D eigenvalue weighted by molar-refractivity contribution is 0.0963. The number of hydrogen-bond donors (Lipinski definition) is 3. The highest BCUT2D eigenvalue weighted by atomic mass is 127. The molecule has 0 aromatic heterocycles. The van der Waals surface area contributed by atoms with Crippen LogP contribution in [0.3, 0.4) is 0 Å². The molecule has 0 radical (unpaired) electrons. The van der Waals surface area contributed by atoms with E-state index in [2.05, 4.69) is 34.8 Å². The minimum absolute atomic E-state index is 0. The van der Waals surface area contributed by atoms with Crippen molar-refractivity contribution < 1.29 is 4.79 Å². The Hall–Kier alpha value is -1.31. The van der Waals surface area contributed by atoms with Crippen LogP contribution in [0.15, 0.2) is 29.3 Å². The third kappa shape index (κ3) is 9.10. The number of hydrogen-bond acceptors (Lipinski definition) is 2. The Kier molecular flexibility index (Phi) is 12.3. The number of nitrogens with one attached hydrogen (secondary N) is 3. The second-order valence-corrected chi connectivity index (χ2v) is 6.02. The smallest absolute Gasteiger partial charge is 0.251 e. The number of rotatable bonds is 8. The zero-order valence-electron chi connectivity index (χ0n) is 15.2. The summed E-state index contributed by atoms with van der Waals surface area (Å²) >= 11 is 0. The molecule has 136 valence electrons. The summed E-state index contributed by atoms with van der Waals surface area (Å²) < 4.78 is 0. The van der Waals surface area contributed by atoms with E-state index in [1.54, 1.807) is 14.1 Å². The Morgan fingerprint density at radius 3 is 2.58 bits per heavy atom. The number of unbranched alkanes of at least 4 members (excludes halogenated alkanes) is 1. The zero-order valence-corrected chi connectivity index (χ0v) is 17.5. The van der Waals surface area contributed by atoms with Gasteiger partial charge >= 0.3 is 0 Å². The standard InChI is InChI=1S/C18H30N4O.HI/c1-14(2)8-5-6-11-21-18(20-4)22-13-15-9-7-10-16(12-15)17(23)19-3;/h7,9-10,12,14H,5-6,8,11,13H2,1-4H3,(H,19,23)(H2,20,21,22);1H. The summed E-state index contributed by atoms with van der Waals surface area (Å²) in [5.41, 5.74) is 1.72. The number of guanidine groups is 1. The summed E-state index contributed by atoms with van der Waals surface area (Å²) in [5, 5.41) is 9.24. The highest BCUT2D eigenvalue weighted by Crippen LogP contribution is 2.06. The van der Waals surface area contributed by atoms with Gasteiger partial charge in [-0.3, -0.25) is 9.79 Å². The van der Waals surface area contributed by atoms with Crippen LogP contribution in [0.2, 0.25) is 0 Å². The molecule has 1 aromatic carbocycles. The summed E-state index contributed by atoms with van der Waals surface area (Å²) in [4.78, 5) is 15.9. The highest BCUT2D eigenvalue weighted by molar-refractivity contribution is 14.0. The number of carbonyl (C=O) groups excluding carboxylic acids is 1. The molecule has 0 unspecified atom stereocenters. The fourth-order valence-corrected chi connectivity index (χ4v) is 2.26. The summed E-state index contributed by atoms with van der Waals surface area (Å²) in [6.45, 7) is 6.06. The SMILES string of the molecule is CN=C(NCCCCC(C)C)NCc1cccc(C(=O)NC)c1.I. The van der Waals surface area contributed by atoms with Crippen LogP contribution in [-0.4, -0.2) is 32.5 Å². The number of halogens is 1. The molecular formula is C18H31IN4O. The fourth-order valence-electron chi connectivity index (χ4n) is 2.26. The third-order valence-electron chi connectivity index (χ3n) is 3.60. The molecule has 0 atom stereocenters. The van der Waals surface area contributed by atoms with E-state index in [1.807, 2.05) is 24.3 Å². The maximum atomic E-state index is 11.6. The summed E-state index contributed by atoms with van der Waals surface area (Å²) in [5.74, 6) is 1.49. The predicted octanol–water partition coefficient (Wildman–Crippen LogP) is 3.16. The van der Waals surface area contributed by atoms with Crippen molar-refractivity contribution in [1.29, 1.82) is 0 Å². The molecule has 24 heavy (non-hydrogen) atoms. The predicted molar refractivity (Wildman–Crippen MR) is 112 cm³/mol. The van der Waals surface area contributed by atoms with Gasteiger partial charge < -0.3 is 16.0 Å². The second kappa shape index (κ2) is 13.0. The van der Waals surface area contributed by atoms with E-state index in [0.717, 1.165) is 30.4 Å². The molecule has 1 amide bonds. The first-order valence-electron chi connectivity index (χ1n) is 8.32. The van der Waals surface area contributed by atoms with Crippen LogP contribution < -0.4 is 16.0 Å². The van der Waals surface area contributed by atoms with Gasteiger partial charge in [0.05, 0.1) is 0 Å². The van der Waals surface area contributed by atoms with Crippen LogP contribution in [0.5, 0.6) is 0 Å². The topological polar surface area (TPSA) is 65.5 Å². The van der Waals surface area contributed by atoms with E-state index >= 15 is 0 Å². The largest absolute Gasteiger partial charge is 0.356 e. The van der Waals surface area contributed by atoms with Crippen molar-refractivity contribution in [3.8, 4) is 0 Å². The third-order valence-corrected chi connectivity index (χ3v) is 3.60. The minimum atomic E-state index is -0.0699. The van der Waals surface area contributed by atoms with Gasteiger partial charge in [0.2, 0.25) is 0 Å². The number of amides is 1. The first kappa shape index (κ1) is 22.7. The van der Waals surface area contributed by atoms with Gasteiger partial charge in [0.1, 0.15) is 0 Å². The second-order valence-electron chi connectivity index (χ2n) is 6.02. The highest BCUT2D eigenvalue weighted by Gasteiger charge is 2.04. The van der Waals surface area contributed by atoms with Crippen molar-refractivity contribution >= 4 is 35.8 Å². The van der Waals surface area contributed by atoms with Gasteiger partial charge in [-0.15, -0.1) is 24.0 Å². The fraction of sp³-hybridized carbons (Fsp3) is 0.556. The van der Waals surface area contributed by atoms with E-state index < -0.39 is 0 Å². The monoisotopic (exact) mass is 446 g/mol. The molecule has 0 bridgehead atoms. The van der Waals surface area contributed by atoms with Crippen LogP contribution in [-0.2, 0) is 6.54 Å². The molecule has 0 spiro atoms. The molecule has 6 heteroatoms. The van der Waals surface area contributed by atoms with Gasteiger partial charge in [0, 0.05) is 32.7 Å². The van der Waals surface area contributed by atoms with Crippen LogP contribution in [0.4, 0.5) is 0 Å². The van der Waals surface area contributed by atoms with Crippen LogP contribution in [0.1, 0.15) is 49.0 Å². The Morgan fingerprint density at radius 2 is 1.96 bits per heavy atom. The zero-order chi connectivity index (χ0) is 17.1. The molecule has 0 heterocycles. The number of aliphatic imine (C=N–C) groups is 1. The molecule has 0 aliphatic heterocycles. The Bertz CT molecular complexity index is 517. The van der Waals surface area contributed by atoms with Crippen molar-refractivity contribution in [2.24, 2.45) is 10.9 Å². The number of carbonyl (C=O) groups is 1. The molecule has 0 saturated heterocycles. The maximum absolute atomic E-state index is 11.6. The van der Waals surface area contributed by atoms with Gasteiger partial charge in [0.25, 0.3) is 5.91 Å². The van der Waals surface area contributed by atoms with Gasteiger partial charge in [-0.25, -0.2) is 0 Å². The Balaban J connectivity index is 0.00000529. The average molecular weight is 446 g/mol. The lowest BCUT2D eigenvalue weighted by atomic mass is 10.1. The molecular weight excluding hydrogens is 415 g/mol. The van der Waals surface area contributed by atoms with Crippen LogP contribution in [0.25, 0.3) is 0 Å². The first-order valence-corrected chi connectivity index (χ1v) is 8.32. The molecule has 5 nitrogen and oxygen atoms in total. The summed E-state index contributed by atoms with van der Waals surface area (Å²) in [6, 6.07) is 7.59. The lowest BCUT2D eigenvalue weighted by Crippen LogP contribution is -2.37.